The number of benzene rings is 1. The molecule has 1 amide bonds. The SMILES string of the molecule is C#CCN(C(=O)O)c1cc(OCc2ccccc2)ccn1. The summed E-state index contributed by atoms with van der Waals surface area (Å²) >= 11 is 0. The quantitative estimate of drug-likeness (QED) is 0.856. The summed E-state index contributed by atoms with van der Waals surface area (Å²) in [5, 5.41) is 9.11. The predicted molar refractivity (Wildman–Crippen MR) is 79.2 cm³/mol. The molecule has 0 aliphatic heterocycles. The van der Waals surface area contributed by atoms with Gasteiger partial charge in [0.1, 0.15) is 18.2 Å². The van der Waals surface area contributed by atoms with Crippen molar-refractivity contribution in [2.45, 2.75) is 6.61 Å². The lowest BCUT2D eigenvalue weighted by Gasteiger charge is -2.16. The van der Waals surface area contributed by atoms with E-state index < -0.39 is 6.09 Å². The molecule has 1 aromatic carbocycles. The van der Waals surface area contributed by atoms with Gasteiger partial charge in [-0.2, -0.15) is 0 Å². The fourth-order valence-electron chi connectivity index (χ4n) is 1.72. The molecule has 0 radical (unpaired) electrons. The molecule has 0 bridgehead atoms. The second kappa shape index (κ2) is 6.96. The van der Waals surface area contributed by atoms with Gasteiger partial charge in [0.2, 0.25) is 0 Å². The highest BCUT2D eigenvalue weighted by Crippen LogP contribution is 2.19. The van der Waals surface area contributed by atoms with Crippen LogP contribution in [0.15, 0.2) is 48.7 Å². The summed E-state index contributed by atoms with van der Waals surface area (Å²) in [6, 6.07) is 12.9. The molecule has 0 unspecified atom stereocenters. The molecule has 1 heterocycles. The summed E-state index contributed by atoms with van der Waals surface area (Å²) in [6.45, 7) is 0.330. The minimum atomic E-state index is -1.15. The molecular formula is C16H14N2O3. The highest BCUT2D eigenvalue weighted by atomic mass is 16.5. The van der Waals surface area contributed by atoms with Crippen LogP contribution in [0.1, 0.15) is 5.56 Å². The Labute approximate surface area is 122 Å². The van der Waals surface area contributed by atoms with Gasteiger partial charge in [0.15, 0.2) is 0 Å². The number of anilines is 1. The van der Waals surface area contributed by atoms with Crippen molar-refractivity contribution in [3.8, 4) is 18.1 Å². The molecule has 1 aromatic heterocycles. The first-order valence-corrected chi connectivity index (χ1v) is 6.27. The van der Waals surface area contributed by atoms with Gasteiger partial charge in [-0.25, -0.2) is 14.7 Å². The van der Waals surface area contributed by atoms with Crippen LogP contribution in [0, 0.1) is 12.3 Å². The standard InChI is InChI=1S/C16H14N2O3/c1-2-10-18(16(19)20)15-11-14(8-9-17-15)21-12-13-6-4-3-5-7-13/h1,3-9,11H,10,12H2,(H,19,20). The maximum Gasteiger partial charge on any atom is 0.413 e. The third-order valence-corrected chi connectivity index (χ3v) is 2.72. The number of aromatic nitrogens is 1. The van der Waals surface area contributed by atoms with Gasteiger partial charge in [-0.15, -0.1) is 6.42 Å². The maximum absolute atomic E-state index is 11.1. The van der Waals surface area contributed by atoms with Crippen molar-refractivity contribution in [1.29, 1.82) is 0 Å². The van der Waals surface area contributed by atoms with E-state index in [4.69, 9.17) is 16.3 Å². The first-order chi connectivity index (χ1) is 10.2. The monoisotopic (exact) mass is 282 g/mol. The number of carbonyl (C=O) groups is 1. The normalized spacial score (nSPS) is 9.67. The molecule has 0 saturated carbocycles. The number of rotatable bonds is 5. The van der Waals surface area contributed by atoms with Crippen molar-refractivity contribution in [3.05, 3.63) is 54.2 Å². The third kappa shape index (κ3) is 3.98. The Balaban J connectivity index is 2.10. The third-order valence-electron chi connectivity index (χ3n) is 2.72. The largest absolute Gasteiger partial charge is 0.489 e. The van der Waals surface area contributed by atoms with E-state index in [1.54, 1.807) is 12.1 Å². The molecular weight excluding hydrogens is 268 g/mol. The smallest absolute Gasteiger partial charge is 0.413 e. The fourth-order valence-corrected chi connectivity index (χ4v) is 1.72. The molecule has 21 heavy (non-hydrogen) atoms. The van der Waals surface area contributed by atoms with Crippen molar-refractivity contribution < 1.29 is 14.6 Å². The van der Waals surface area contributed by atoms with E-state index in [0.717, 1.165) is 10.5 Å². The molecule has 5 nitrogen and oxygen atoms in total. The minimum absolute atomic E-state index is 0.0650. The lowest BCUT2D eigenvalue weighted by molar-refractivity contribution is 0.202. The number of hydrogen-bond donors (Lipinski definition) is 1. The highest BCUT2D eigenvalue weighted by molar-refractivity contribution is 5.85. The van der Waals surface area contributed by atoms with Crippen LogP contribution >= 0.6 is 0 Å². The summed E-state index contributed by atoms with van der Waals surface area (Å²) in [4.78, 5) is 16.1. The zero-order chi connectivity index (χ0) is 15.1. The van der Waals surface area contributed by atoms with Gasteiger partial charge in [0.05, 0.1) is 6.54 Å². The van der Waals surface area contributed by atoms with Crippen LogP contribution in [-0.2, 0) is 6.61 Å². The lowest BCUT2D eigenvalue weighted by Crippen LogP contribution is -2.30. The zero-order valence-corrected chi connectivity index (χ0v) is 11.3. The molecule has 0 aliphatic rings. The Morgan fingerprint density at radius 3 is 2.76 bits per heavy atom. The summed E-state index contributed by atoms with van der Waals surface area (Å²) in [6.07, 6.45) is 5.50. The van der Waals surface area contributed by atoms with Crippen LogP contribution in [0.4, 0.5) is 10.6 Å². The summed E-state index contributed by atoms with van der Waals surface area (Å²) in [7, 11) is 0. The number of amides is 1. The Morgan fingerprint density at radius 2 is 2.10 bits per heavy atom. The summed E-state index contributed by atoms with van der Waals surface area (Å²) < 4.78 is 5.63. The minimum Gasteiger partial charge on any atom is -0.489 e. The Morgan fingerprint density at radius 1 is 1.33 bits per heavy atom. The van der Waals surface area contributed by atoms with Crippen LogP contribution in [0.25, 0.3) is 0 Å². The van der Waals surface area contributed by atoms with E-state index in [1.165, 1.54) is 6.20 Å². The van der Waals surface area contributed by atoms with Crippen LogP contribution in [0.2, 0.25) is 0 Å². The van der Waals surface area contributed by atoms with E-state index in [2.05, 4.69) is 10.9 Å². The molecule has 0 saturated heterocycles. The van der Waals surface area contributed by atoms with Gasteiger partial charge < -0.3 is 9.84 Å². The summed E-state index contributed by atoms with van der Waals surface area (Å²) in [5.74, 6) is 3.07. The van der Waals surface area contributed by atoms with Gasteiger partial charge in [-0.3, -0.25) is 0 Å². The van der Waals surface area contributed by atoms with E-state index in [9.17, 15) is 4.79 Å². The maximum atomic E-state index is 11.1. The van der Waals surface area contributed by atoms with Crippen molar-refractivity contribution in [2.24, 2.45) is 0 Å². The van der Waals surface area contributed by atoms with Crippen LogP contribution in [-0.4, -0.2) is 22.7 Å². The van der Waals surface area contributed by atoms with Gasteiger partial charge in [0.25, 0.3) is 0 Å². The van der Waals surface area contributed by atoms with Crippen LogP contribution in [0.5, 0.6) is 5.75 Å². The first-order valence-electron chi connectivity index (χ1n) is 6.27. The Hall–Kier alpha value is -3.00. The fraction of sp³-hybridized carbons (Fsp3) is 0.125. The van der Waals surface area contributed by atoms with Crippen molar-refractivity contribution >= 4 is 11.9 Å². The lowest BCUT2D eigenvalue weighted by atomic mass is 10.2. The number of nitrogens with zero attached hydrogens (tertiary/aromatic N) is 2. The summed E-state index contributed by atoms with van der Waals surface area (Å²) in [5.41, 5.74) is 1.02. The van der Waals surface area contributed by atoms with E-state index >= 15 is 0 Å². The molecule has 0 aliphatic carbocycles. The van der Waals surface area contributed by atoms with Crippen molar-refractivity contribution in [1.82, 2.24) is 4.98 Å². The first kappa shape index (κ1) is 14.4. The van der Waals surface area contributed by atoms with E-state index in [-0.39, 0.29) is 12.4 Å². The van der Waals surface area contributed by atoms with Gasteiger partial charge in [0, 0.05) is 12.3 Å². The predicted octanol–water partition coefficient (Wildman–Crippen LogP) is 2.78. The number of ether oxygens (including phenoxy) is 1. The van der Waals surface area contributed by atoms with Crippen LogP contribution < -0.4 is 9.64 Å². The number of hydrogen-bond acceptors (Lipinski definition) is 3. The average molecular weight is 282 g/mol. The molecule has 0 fully saturated rings. The molecule has 106 valence electrons. The Bertz CT molecular complexity index is 650. The van der Waals surface area contributed by atoms with Gasteiger partial charge >= 0.3 is 6.09 Å². The molecule has 2 aromatic rings. The molecule has 5 heteroatoms. The van der Waals surface area contributed by atoms with Crippen molar-refractivity contribution in [2.75, 3.05) is 11.4 Å². The second-order valence-electron chi connectivity index (χ2n) is 4.20. The topological polar surface area (TPSA) is 62.7 Å². The molecule has 1 N–H and O–H groups in total. The molecule has 0 spiro atoms. The van der Waals surface area contributed by atoms with Gasteiger partial charge in [-0.1, -0.05) is 36.3 Å². The number of pyridine rings is 1. The van der Waals surface area contributed by atoms with Gasteiger partial charge in [-0.05, 0) is 11.6 Å². The zero-order valence-electron chi connectivity index (χ0n) is 11.3. The number of terminal acetylenes is 1. The second-order valence-corrected chi connectivity index (χ2v) is 4.20. The number of carboxylic acid groups (broad SMARTS) is 1. The molecule has 2 rings (SSSR count). The van der Waals surface area contributed by atoms with Crippen molar-refractivity contribution in [3.63, 3.8) is 0 Å². The van der Waals surface area contributed by atoms with E-state index in [1.807, 2.05) is 30.3 Å². The average Bonchev–Trinajstić information content (AvgIpc) is 2.51. The van der Waals surface area contributed by atoms with Crippen LogP contribution in [0.3, 0.4) is 0 Å². The molecule has 0 atom stereocenters. The Kier molecular flexibility index (Phi) is 4.78. The highest BCUT2D eigenvalue weighted by Gasteiger charge is 2.14. The van der Waals surface area contributed by atoms with E-state index in [0.29, 0.717) is 12.4 Å².